The lowest BCUT2D eigenvalue weighted by Crippen LogP contribution is -2.31. The predicted octanol–water partition coefficient (Wildman–Crippen LogP) is 3.02. The Morgan fingerprint density at radius 3 is 2.44 bits per heavy atom. The van der Waals surface area contributed by atoms with E-state index in [1.807, 2.05) is 20.8 Å². The third kappa shape index (κ3) is 3.75. The van der Waals surface area contributed by atoms with Crippen LogP contribution in [0.15, 0.2) is 18.3 Å². The zero-order valence-electron chi connectivity index (χ0n) is 11.5. The number of hydrogen-bond acceptors (Lipinski definition) is 3. The van der Waals surface area contributed by atoms with Crippen LogP contribution in [0.2, 0.25) is 0 Å². The molecule has 3 nitrogen and oxygen atoms in total. The molecule has 0 aliphatic rings. The van der Waals surface area contributed by atoms with Gasteiger partial charge in [-0.1, -0.05) is 6.92 Å². The van der Waals surface area contributed by atoms with Crippen LogP contribution in [0.4, 0.5) is 4.39 Å². The molecule has 0 spiro atoms. The number of ether oxygens (including phenoxy) is 1. The van der Waals surface area contributed by atoms with Gasteiger partial charge in [0, 0.05) is 7.11 Å². The van der Waals surface area contributed by atoms with Gasteiger partial charge in [-0.15, -0.1) is 0 Å². The molecule has 0 radical (unpaired) electrons. The van der Waals surface area contributed by atoms with E-state index in [-0.39, 0.29) is 5.60 Å². The van der Waals surface area contributed by atoms with Crippen LogP contribution in [0, 0.1) is 5.82 Å². The molecule has 0 amide bonds. The molecule has 1 atom stereocenters. The second kappa shape index (κ2) is 5.76. The summed E-state index contributed by atoms with van der Waals surface area (Å²) in [6, 6.07) is 2.86. The van der Waals surface area contributed by atoms with Gasteiger partial charge in [0.1, 0.15) is 11.4 Å². The lowest BCUT2D eigenvalue weighted by Gasteiger charge is -2.31. The Balaban J connectivity index is 2.82. The van der Waals surface area contributed by atoms with Gasteiger partial charge in [-0.2, -0.15) is 0 Å². The maximum atomic E-state index is 12.8. The van der Waals surface area contributed by atoms with Crippen LogP contribution >= 0.6 is 0 Å². The van der Waals surface area contributed by atoms with Gasteiger partial charge in [-0.25, -0.2) is 4.39 Å². The molecule has 1 aromatic heterocycles. The average molecular weight is 255 g/mol. The summed E-state index contributed by atoms with van der Waals surface area (Å²) >= 11 is 0. The fraction of sp³-hybridized carbons (Fsp3) is 0.643. The largest absolute Gasteiger partial charge is 0.384 e. The first-order valence-electron chi connectivity index (χ1n) is 6.22. The summed E-state index contributed by atoms with van der Waals surface area (Å²) in [4.78, 5) is 3.98. The van der Waals surface area contributed by atoms with Crippen LogP contribution in [-0.4, -0.2) is 22.8 Å². The second-order valence-electron chi connectivity index (χ2n) is 5.21. The van der Waals surface area contributed by atoms with E-state index >= 15 is 0 Å². The highest BCUT2D eigenvalue weighted by atomic mass is 19.1. The van der Waals surface area contributed by atoms with Crippen molar-refractivity contribution in [2.75, 3.05) is 7.11 Å². The van der Waals surface area contributed by atoms with Crippen LogP contribution in [0.3, 0.4) is 0 Å². The van der Waals surface area contributed by atoms with E-state index in [0.29, 0.717) is 25.0 Å². The number of aliphatic hydroxyl groups is 1. The standard InChI is InChI=1S/C14H22FNO2/c1-5-14(17,9-8-13(2,3)18-4)12-7-6-11(15)10-16-12/h6-7,10,17H,5,8-9H2,1-4H3. The van der Waals surface area contributed by atoms with Crippen LogP contribution in [0.5, 0.6) is 0 Å². The van der Waals surface area contributed by atoms with Crippen molar-refractivity contribution in [3.63, 3.8) is 0 Å². The Bertz CT molecular complexity index is 378. The lowest BCUT2D eigenvalue weighted by molar-refractivity contribution is -0.0326. The molecule has 0 aliphatic carbocycles. The van der Waals surface area contributed by atoms with Gasteiger partial charge in [0.25, 0.3) is 0 Å². The molecule has 0 fully saturated rings. The van der Waals surface area contributed by atoms with Crippen molar-refractivity contribution in [3.05, 3.63) is 29.8 Å². The zero-order chi connectivity index (χ0) is 13.8. The molecule has 1 rings (SSSR count). The molecule has 1 aromatic rings. The van der Waals surface area contributed by atoms with Crippen molar-refractivity contribution in [1.82, 2.24) is 4.98 Å². The summed E-state index contributed by atoms with van der Waals surface area (Å²) in [6.45, 7) is 5.84. The number of nitrogens with zero attached hydrogens (tertiary/aromatic N) is 1. The number of aromatic nitrogens is 1. The molecule has 102 valence electrons. The lowest BCUT2D eigenvalue weighted by atomic mass is 9.86. The average Bonchev–Trinajstić information content (AvgIpc) is 2.37. The highest BCUT2D eigenvalue weighted by Crippen LogP contribution is 2.31. The number of hydrogen-bond donors (Lipinski definition) is 1. The summed E-state index contributed by atoms with van der Waals surface area (Å²) < 4.78 is 18.2. The quantitative estimate of drug-likeness (QED) is 0.849. The van der Waals surface area contributed by atoms with Crippen LogP contribution < -0.4 is 0 Å². The van der Waals surface area contributed by atoms with Crippen molar-refractivity contribution in [2.45, 2.75) is 51.2 Å². The van der Waals surface area contributed by atoms with E-state index in [9.17, 15) is 9.50 Å². The fourth-order valence-corrected chi connectivity index (χ4v) is 1.75. The van der Waals surface area contributed by atoms with E-state index in [4.69, 9.17) is 4.74 Å². The van der Waals surface area contributed by atoms with Crippen molar-refractivity contribution in [1.29, 1.82) is 0 Å². The van der Waals surface area contributed by atoms with Gasteiger partial charge in [0.2, 0.25) is 0 Å². The Kier molecular flexibility index (Phi) is 4.82. The fourth-order valence-electron chi connectivity index (χ4n) is 1.75. The van der Waals surface area contributed by atoms with E-state index in [2.05, 4.69) is 4.98 Å². The first-order chi connectivity index (χ1) is 8.33. The summed E-state index contributed by atoms with van der Waals surface area (Å²) in [5.74, 6) is -0.394. The van der Waals surface area contributed by atoms with E-state index < -0.39 is 11.4 Å². The predicted molar refractivity (Wildman–Crippen MR) is 68.7 cm³/mol. The van der Waals surface area contributed by atoms with E-state index in [0.717, 1.165) is 6.20 Å². The molecule has 0 aliphatic heterocycles. The van der Waals surface area contributed by atoms with Gasteiger partial charge in [-0.05, 0) is 45.2 Å². The van der Waals surface area contributed by atoms with Gasteiger partial charge >= 0.3 is 0 Å². The van der Waals surface area contributed by atoms with E-state index in [1.165, 1.54) is 6.07 Å². The third-order valence-corrected chi connectivity index (χ3v) is 3.48. The van der Waals surface area contributed by atoms with Gasteiger partial charge in [0.05, 0.1) is 17.5 Å². The molecule has 4 heteroatoms. The van der Waals surface area contributed by atoms with Crippen LogP contribution in [0.1, 0.15) is 45.7 Å². The molecule has 1 N–H and O–H groups in total. The summed E-state index contributed by atoms with van der Waals surface area (Å²) in [7, 11) is 1.65. The van der Waals surface area contributed by atoms with Gasteiger partial charge in [0.15, 0.2) is 0 Å². The van der Waals surface area contributed by atoms with Crippen molar-refractivity contribution in [2.24, 2.45) is 0 Å². The molecule has 0 saturated carbocycles. The monoisotopic (exact) mass is 255 g/mol. The summed E-state index contributed by atoms with van der Waals surface area (Å²) in [5, 5.41) is 10.6. The second-order valence-corrected chi connectivity index (χ2v) is 5.21. The highest BCUT2D eigenvalue weighted by molar-refractivity contribution is 5.13. The smallest absolute Gasteiger partial charge is 0.141 e. The normalized spacial score (nSPS) is 15.4. The first kappa shape index (κ1) is 15.1. The van der Waals surface area contributed by atoms with Gasteiger partial charge < -0.3 is 9.84 Å². The first-order valence-corrected chi connectivity index (χ1v) is 6.22. The minimum Gasteiger partial charge on any atom is -0.384 e. The number of pyridine rings is 1. The van der Waals surface area contributed by atoms with Crippen molar-refractivity contribution in [3.8, 4) is 0 Å². The molecule has 0 aromatic carbocycles. The number of rotatable bonds is 6. The molecular weight excluding hydrogens is 233 g/mol. The highest BCUT2D eigenvalue weighted by Gasteiger charge is 2.31. The molecule has 0 saturated heterocycles. The van der Waals surface area contributed by atoms with Crippen LogP contribution in [-0.2, 0) is 10.3 Å². The molecule has 18 heavy (non-hydrogen) atoms. The molecule has 0 bridgehead atoms. The summed E-state index contributed by atoms with van der Waals surface area (Å²) in [5.41, 5.74) is -0.800. The maximum absolute atomic E-state index is 12.8. The van der Waals surface area contributed by atoms with Crippen molar-refractivity contribution >= 4 is 0 Å². The zero-order valence-corrected chi connectivity index (χ0v) is 11.5. The number of methoxy groups -OCH3 is 1. The van der Waals surface area contributed by atoms with Crippen LogP contribution in [0.25, 0.3) is 0 Å². The van der Waals surface area contributed by atoms with Gasteiger partial charge in [-0.3, -0.25) is 4.98 Å². The number of halogens is 1. The van der Waals surface area contributed by atoms with Crippen molar-refractivity contribution < 1.29 is 14.2 Å². The Morgan fingerprint density at radius 1 is 1.33 bits per heavy atom. The SMILES string of the molecule is CCC(O)(CCC(C)(C)OC)c1ccc(F)cn1. The third-order valence-electron chi connectivity index (χ3n) is 3.48. The summed E-state index contributed by atoms with van der Waals surface area (Å²) in [6.07, 6.45) is 2.90. The molecule has 1 heterocycles. The Hall–Kier alpha value is -1.00. The maximum Gasteiger partial charge on any atom is 0.141 e. The minimum atomic E-state index is -1.02. The minimum absolute atomic E-state index is 0.289. The topological polar surface area (TPSA) is 42.4 Å². The Morgan fingerprint density at radius 2 is 2.00 bits per heavy atom. The molecule has 1 unspecified atom stereocenters. The molecular formula is C14H22FNO2. The Labute approximate surface area is 108 Å². The van der Waals surface area contributed by atoms with E-state index in [1.54, 1.807) is 13.2 Å².